The van der Waals surface area contributed by atoms with E-state index in [1.54, 1.807) is 17.1 Å². The Bertz CT molecular complexity index is 1150. The molecule has 1 aliphatic rings. The number of benzene rings is 2. The minimum atomic E-state index is -0.616. The molecular formula is C34H44N2O6. The molecule has 2 N–H and O–H groups in total. The summed E-state index contributed by atoms with van der Waals surface area (Å²) in [7, 11) is 0. The number of nitrogens with zero attached hydrogens (tertiary/aromatic N) is 1. The Morgan fingerprint density at radius 1 is 1.05 bits per heavy atom. The molecule has 2 amide bonds. The van der Waals surface area contributed by atoms with Crippen molar-refractivity contribution in [1.29, 1.82) is 0 Å². The molecule has 42 heavy (non-hydrogen) atoms. The number of carbonyl (C=O) groups is 3. The number of unbranched alkanes of at least 4 members (excludes halogenated alkanes) is 1. The molecule has 3 rings (SSSR count). The van der Waals surface area contributed by atoms with Crippen LogP contribution >= 0.6 is 0 Å². The fourth-order valence-electron chi connectivity index (χ4n) is 5.04. The fraction of sp³-hybridized carbons (Fsp3) is 0.441. The van der Waals surface area contributed by atoms with E-state index in [9.17, 15) is 19.5 Å². The van der Waals surface area contributed by atoms with Gasteiger partial charge in [-0.3, -0.25) is 14.4 Å². The number of aliphatic hydroxyl groups excluding tert-OH is 1. The largest absolute Gasteiger partial charge is 0.489 e. The molecule has 0 saturated carbocycles. The first-order valence-corrected chi connectivity index (χ1v) is 14.8. The summed E-state index contributed by atoms with van der Waals surface area (Å²) < 4.78 is 11.4. The number of hydrogen-bond acceptors (Lipinski definition) is 6. The van der Waals surface area contributed by atoms with Crippen LogP contribution in [0.5, 0.6) is 5.75 Å². The molecule has 1 fully saturated rings. The van der Waals surface area contributed by atoms with Crippen LogP contribution in [0.25, 0.3) is 0 Å². The highest BCUT2D eigenvalue weighted by molar-refractivity contribution is 5.86. The van der Waals surface area contributed by atoms with E-state index in [4.69, 9.17) is 9.47 Å². The number of hydrogen-bond donors (Lipinski definition) is 2. The highest BCUT2D eigenvalue weighted by Gasteiger charge is 2.31. The fourth-order valence-corrected chi connectivity index (χ4v) is 5.04. The van der Waals surface area contributed by atoms with Crippen LogP contribution in [0.4, 0.5) is 0 Å². The summed E-state index contributed by atoms with van der Waals surface area (Å²) in [6.45, 7) is 8.42. The van der Waals surface area contributed by atoms with Gasteiger partial charge in [-0.25, -0.2) is 0 Å². The molecule has 2 aromatic rings. The minimum absolute atomic E-state index is 0.0123. The van der Waals surface area contributed by atoms with E-state index in [0.717, 1.165) is 36.1 Å². The topological polar surface area (TPSA) is 105 Å². The summed E-state index contributed by atoms with van der Waals surface area (Å²) in [5, 5.41) is 12.6. The summed E-state index contributed by atoms with van der Waals surface area (Å²) in [5.41, 5.74) is 2.01. The smallest absolute Gasteiger partial charge is 0.305 e. The molecule has 0 spiro atoms. The standard InChI is InChI=1S/C34H44N2O6/c1-3-5-7-15-33(39)42-25-29(21-26-16-18-31(19-17-26)41-24-27-12-8-6-9-13-27)35-34(40)28(11-4-2)22-32(38)36-20-10-14-30(36)23-37/h3-4,6,8-9,12-13,16-19,28-30,37H,1-2,5,7,10-11,14-15,20-25H2,(H,35,40)/t28-,29+,30+/m1/s1. The number of carbonyl (C=O) groups excluding carboxylic acids is 3. The van der Waals surface area contributed by atoms with Crippen molar-refractivity contribution >= 4 is 17.8 Å². The second kappa shape index (κ2) is 17.8. The first-order valence-electron chi connectivity index (χ1n) is 14.8. The molecule has 1 aliphatic heterocycles. The molecule has 226 valence electrons. The highest BCUT2D eigenvalue weighted by Crippen LogP contribution is 2.21. The van der Waals surface area contributed by atoms with Crippen LogP contribution in [0.3, 0.4) is 0 Å². The van der Waals surface area contributed by atoms with Gasteiger partial charge in [0.25, 0.3) is 0 Å². The average Bonchev–Trinajstić information content (AvgIpc) is 3.49. The normalized spacial score (nSPS) is 15.8. The number of ether oxygens (including phenoxy) is 2. The van der Waals surface area contributed by atoms with Crippen LogP contribution in [-0.2, 0) is 32.1 Å². The second-order valence-corrected chi connectivity index (χ2v) is 10.7. The number of aliphatic hydroxyl groups is 1. The number of amides is 2. The van der Waals surface area contributed by atoms with Gasteiger partial charge in [0, 0.05) is 19.4 Å². The summed E-state index contributed by atoms with van der Waals surface area (Å²) in [6, 6.07) is 16.8. The maximum Gasteiger partial charge on any atom is 0.305 e. The van der Waals surface area contributed by atoms with Gasteiger partial charge >= 0.3 is 5.97 Å². The van der Waals surface area contributed by atoms with E-state index < -0.39 is 12.0 Å². The van der Waals surface area contributed by atoms with E-state index in [1.165, 1.54) is 0 Å². The number of allylic oxidation sites excluding steroid dienone is 2. The van der Waals surface area contributed by atoms with Crippen LogP contribution < -0.4 is 10.1 Å². The zero-order chi connectivity index (χ0) is 30.2. The Labute approximate surface area is 249 Å². The maximum atomic E-state index is 13.4. The number of esters is 1. The summed E-state index contributed by atoms with van der Waals surface area (Å²) in [4.78, 5) is 40.4. The lowest BCUT2D eigenvalue weighted by Gasteiger charge is -2.26. The van der Waals surface area contributed by atoms with E-state index in [1.807, 2.05) is 54.6 Å². The van der Waals surface area contributed by atoms with E-state index in [2.05, 4.69) is 18.5 Å². The molecule has 0 radical (unpaired) electrons. The quantitative estimate of drug-likeness (QED) is 0.151. The number of likely N-dealkylation sites (tertiary alicyclic amines) is 1. The Morgan fingerprint density at radius 2 is 1.81 bits per heavy atom. The van der Waals surface area contributed by atoms with Gasteiger partial charge in [0.15, 0.2) is 0 Å². The molecule has 8 nitrogen and oxygen atoms in total. The van der Waals surface area contributed by atoms with Crippen molar-refractivity contribution in [3.63, 3.8) is 0 Å². The van der Waals surface area contributed by atoms with Gasteiger partial charge in [-0.2, -0.15) is 0 Å². The highest BCUT2D eigenvalue weighted by atomic mass is 16.5. The molecule has 0 bridgehead atoms. The van der Waals surface area contributed by atoms with Crippen molar-refractivity contribution in [1.82, 2.24) is 10.2 Å². The molecule has 1 heterocycles. The first kappa shape index (κ1) is 32.6. The molecule has 0 unspecified atom stereocenters. The van der Waals surface area contributed by atoms with Crippen LogP contribution in [0.15, 0.2) is 79.9 Å². The van der Waals surface area contributed by atoms with E-state index in [0.29, 0.717) is 32.4 Å². The lowest BCUT2D eigenvalue weighted by Crippen LogP contribution is -2.45. The zero-order valence-electron chi connectivity index (χ0n) is 24.4. The second-order valence-electron chi connectivity index (χ2n) is 10.7. The van der Waals surface area contributed by atoms with Gasteiger partial charge in [-0.15, -0.1) is 13.2 Å². The zero-order valence-corrected chi connectivity index (χ0v) is 24.4. The van der Waals surface area contributed by atoms with Crippen molar-refractivity contribution < 1.29 is 29.0 Å². The van der Waals surface area contributed by atoms with Crippen molar-refractivity contribution in [2.45, 2.75) is 70.1 Å². The Kier molecular flexibility index (Phi) is 13.8. The third-order valence-corrected chi connectivity index (χ3v) is 7.39. The molecular weight excluding hydrogens is 532 g/mol. The van der Waals surface area contributed by atoms with Crippen LogP contribution in [0.1, 0.15) is 56.1 Å². The Morgan fingerprint density at radius 3 is 2.50 bits per heavy atom. The maximum absolute atomic E-state index is 13.4. The van der Waals surface area contributed by atoms with Crippen molar-refractivity contribution in [2.24, 2.45) is 5.92 Å². The van der Waals surface area contributed by atoms with E-state index in [-0.39, 0.29) is 49.9 Å². The first-order chi connectivity index (χ1) is 20.4. The van der Waals surface area contributed by atoms with Gasteiger partial charge < -0.3 is 24.8 Å². The molecule has 0 aromatic heterocycles. The Balaban J connectivity index is 1.64. The molecule has 8 heteroatoms. The van der Waals surface area contributed by atoms with Gasteiger partial charge in [0.1, 0.15) is 19.0 Å². The third-order valence-electron chi connectivity index (χ3n) is 7.39. The van der Waals surface area contributed by atoms with Gasteiger partial charge in [-0.05, 0) is 61.8 Å². The minimum Gasteiger partial charge on any atom is -0.489 e. The summed E-state index contributed by atoms with van der Waals surface area (Å²) in [5.74, 6) is -0.662. The van der Waals surface area contributed by atoms with Crippen LogP contribution in [0.2, 0.25) is 0 Å². The van der Waals surface area contributed by atoms with Crippen molar-refractivity contribution in [3.8, 4) is 5.75 Å². The lowest BCUT2D eigenvalue weighted by atomic mass is 9.98. The SMILES string of the molecule is C=CCCCC(=O)OC[C@H](Cc1ccc(OCc2ccccc2)cc1)NC(=O)[C@H](CC=C)CC(=O)N1CCC[C@H]1CO. The van der Waals surface area contributed by atoms with Crippen LogP contribution in [0, 0.1) is 5.92 Å². The average molecular weight is 577 g/mol. The monoisotopic (exact) mass is 576 g/mol. The van der Waals surface area contributed by atoms with Gasteiger partial charge in [0.05, 0.1) is 24.6 Å². The van der Waals surface area contributed by atoms with Gasteiger partial charge in [-0.1, -0.05) is 54.6 Å². The van der Waals surface area contributed by atoms with Crippen molar-refractivity contribution in [2.75, 3.05) is 19.8 Å². The molecule has 1 saturated heterocycles. The number of nitrogens with one attached hydrogen (secondary N) is 1. The Hall–Kier alpha value is -3.91. The molecule has 0 aliphatic carbocycles. The molecule has 2 aromatic carbocycles. The lowest BCUT2D eigenvalue weighted by molar-refractivity contribution is -0.145. The summed E-state index contributed by atoms with van der Waals surface area (Å²) in [6.07, 6.45) is 7.42. The molecule has 3 atom stereocenters. The van der Waals surface area contributed by atoms with Gasteiger partial charge in [0.2, 0.25) is 11.8 Å². The van der Waals surface area contributed by atoms with Crippen molar-refractivity contribution in [3.05, 3.63) is 91.0 Å². The number of rotatable bonds is 18. The van der Waals surface area contributed by atoms with Crippen LogP contribution in [-0.4, -0.2) is 59.6 Å². The third kappa shape index (κ3) is 10.8. The van der Waals surface area contributed by atoms with E-state index >= 15 is 0 Å². The predicted molar refractivity (Wildman–Crippen MR) is 163 cm³/mol. The predicted octanol–water partition coefficient (Wildman–Crippen LogP) is 4.76. The summed E-state index contributed by atoms with van der Waals surface area (Å²) >= 11 is 0.